The first-order valence-electron chi connectivity index (χ1n) is 8.47. The van der Waals surface area contributed by atoms with E-state index in [4.69, 9.17) is 4.74 Å². The van der Waals surface area contributed by atoms with E-state index in [0.29, 0.717) is 17.7 Å². The highest BCUT2D eigenvalue weighted by atomic mass is 19.2. The standard InChI is InChI=1S/C22H20F2O/c1-2-3-15-25-18-11-9-17(10-12-18)21-19(13-14-20(23)22(21)24)16-7-5-4-6-8-16/h4-14H,2-3,15H2,1H3. The maximum Gasteiger partial charge on any atom is 0.167 e. The molecule has 0 aromatic heterocycles. The minimum atomic E-state index is -0.849. The molecule has 0 unspecified atom stereocenters. The third-order valence-corrected chi connectivity index (χ3v) is 4.09. The first-order chi connectivity index (χ1) is 12.2. The van der Waals surface area contributed by atoms with E-state index >= 15 is 0 Å². The van der Waals surface area contributed by atoms with Gasteiger partial charge in [-0.2, -0.15) is 0 Å². The Labute approximate surface area is 146 Å². The van der Waals surface area contributed by atoms with Gasteiger partial charge in [0.25, 0.3) is 0 Å². The SMILES string of the molecule is CCCCOc1ccc(-c2c(-c3ccccc3)ccc(F)c2F)cc1. The van der Waals surface area contributed by atoms with E-state index in [1.54, 1.807) is 30.3 Å². The van der Waals surface area contributed by atoms with Gasteiger partial charge in [-0.15, -0.1) is 0 Å². The van der Waals surface area contributed by atoms with Crippen molar-refractivity contribution in [1.82, 2.24) is 0 Å². The van der Waals surface area contributed by atoms with Crippen LogP contribution in [0.25, 0.3) is 22.3 Å². The second-order valence-electron chi connectivity index (χ2n) is 5.88. The number of rotatable bonds is 6. The van der Waals surface area contributed by atoms with Crippen LogP contribution in [-0.2, 0) is 0 Å². The maximum absolute atomic E-state index is 14.6. The Hall–Kier alpha value is -2.68. The second kappa shape index (κ2) is 7.93. The van der Waals surface area contributed by atoms with Crippen molar-refractivity contribution in [3.8, 4) is 28.0 Å². The maximum atomic E-state index is 14.6. The highest BCUT2D eigenvalue weighted by Gasteiger charge is 2.16. The quantitative estimate of drug-likeness (QED) is 0.468. The molecule has 0 saturated carbocycles. The third-order valence-electron chi connectivity index (χ3n) is 4.09. The van der Waals surface area contributed by atoms with Crippen molar-refractivity contribution in [3.05, 3.63) is 78.4 Å². The molecule has 0 aliphatic rings. The van der Waals surface area contributed by atoms with Gasteiger partial charge in [-0.3, -0.25) is 0 Å². The zero-order valence-electron chi connectivity index (χ0n) is 14.1. The molecule has 0 fully saturated rings. The number of benzene rings is 3. The third kappa shape index (κ3) is 3.87. The number of halogens is 2. The lowest BCUT2D eigenvalue weighted by Gasteiger charge is -2.13. The van der Waals surface area contributed by atoms with Crippen LogP contribution >= 0.6 is 0 Å². The number of hydrogen-bond donors (Lipinski definition) is 0. The van der Waals surface area contributed by atoms with Crippen molar-refractivity contribution >= 4 is 0 Å². The fourth-order valence-electron chi connectivity index (χ4n) is 2.74. The van der Waals surface area contributed by atoms with Gasteiger partial charge in [0.1, 0.15) is 5.75 Å². The van der Waals surface area contributed by atoms with Crippen molar-refractivity contribution in [2.75, 3.05) is 6.61 Å². The van der Waals surface area contributed by atoms with E-state index < -0.39 is 11.6 Å². The lowest BCUT2D eigenvalue weighted by atomic mass is 9.94. The molecule has 0 saturated heterocycles. The molecule has 0 spiro atoms. The van der Waals surface area contributed by atoms with E-state index in [1.807, 2.05) is 30.3 Å². The molecular formula is C22H20F2O. The van der Waals surface area contributed by atoms with Gasteiger partial charge < -0.3 is 4.74 Å². The van der Waals surface area contributed by atoms with Crippen molar-refractivity contribution in [2.45, 2.75) is 19.8 Å². The lowest BCUT2D eigenvalue weighted by molar-refractivity contribution is 0.309. The second-order valence-corrected chi connectivity index (χ2v) is 5.88. The average Bonchev–Trinajstić information content (AvgIpc) is 2.65. The smallest absolute Gasteiger partial charge is 0.167 e. The molecule has 0 aliphatic heterocycles. The van der Waals surface area contributed by atoms with Crippen LogP contribution in [0.3, 0.4) is 0 Å². The summed E-state index contributed by atoms with van der Waals surface area (Å²) in [4.78, 5) is 0. The van der Waals surface area contributed by atoms with Crippen LogP contribution in [0, 0.1) is 11.6 Å². The molecule has 1 nitrogen and oxygen atoms in total. The normalized spacial score (nSPS) is 10.7. The Balaban J connectivity index is 2.00. The van der Waals surface area contributed by atoms with Gasteiger partial charge in [0.15, 0.2) is 11.6 Å². The predicted octanol–water partition coefficient (Wildman–Crippen LogP) is 6.48. The molecular weight excluding hydrogens is 318 g/mol. The van der Waals surface area contributed by atoms with Crippen LogP contribution in [-0.4, -0.2) is 6.61 Å². The Morgan fingerprint density at radius 1 is 0.800 bits per heavy atom. The zero-order chi connectivity index (χ0) is 17.6. The molecule has 0 aliphatic carbocycles. The van der Waals surface area contributed by atoms with Crippen LogP contribution in [0.2, 0.25) is 0 Å². The van der Waals surface area contributed by atoms with Crippen LogP contribution in [0.5, 0.6) is 5.75 Å². The van der Waals surface area contributed by atoms with Gasteiger partial charge in [0.05, 0.1) is 6.61 Å². The summed E-state index contributed by atoms with van der Waals surface area (Å²) in [5.74, 6) is -0.950. The molecule has 0 amide bonds. The predicted molar refractivity (Wildman–Crippen MR) is 97.6 cm³/mol. The molecule has 3 rings (SSSR count). The summed E-state index contributed by atoms with van der Waals surface area (Å²) in [5.41, 5.74) is 2.41. The number of ether oxygens (including phenoxy) is 1. The van der Waals surface area contributed by atoms with Gasteiger partial charge in [0, 0.05) is 5.56 Å². The molecule has 3 aromatic rings. The van der Waals surface area contributed by atoms with Crippen LogP contribution < -0.4 is 4.74 Å². The van der Waals surface area contributed by atoms with Crippen molar-refractivity contribution in [2.24, 2.45) is 0 Å². The monoisotopic (exact) mass is 338 g/mol. The molecule has 0 N–H and O–H groups in total. The Morgan fingerprint density at radius 2 is 1.52 bits per heavy atom. The van der Waals surface area contributed by atoms with E-state index in [0.717, 1.165) is 24.2 Å². The van der Waals surface area contributed by atoms with E-state index in [9.17, 15) is 8.78 Å². The van der Waals surface area contributed by atoms with Gasteiger partial charge in [-0.05, 0) is 41.3 Å². The summed E-state index contributed by atoms with van der Waals surface area (Å²) in [6.45, 7) is 2.75. The summed E-state index contributed by atoms with van der Waals surface area (Å²) < 4.78 is 34.1. The Bertz CT molecular complexity index is 827. The van der Waals surface area contributed by atoms with Crippen molar-refractivity contribution in [3.63, 3.8) is 0 Å². The van der Waals surface area contributed by atoms with Crippen molar-refractivity contribution in [1.29, 1.82) is 0 Å². The van der Waals surface area contributed by atoms with E-state index in [-0.39, 0.29) is 5.56 Å². The molecule has 25 heavy (non-hydrogen) atoms. The highest BCUT2D eigenvalue weighted by molar-refractivity contribution is 5.84. The van der Waals surface area contributed by atoms with Crippen LogP contribution in [0.15, 0.2) is 66.7 Å². The number of hydrogen-bond acceptors (Lipinski definition) is 1. The molecule has 0 heterocycles. The lowest BCUT2D eigenvalue weighted by Crippen LogP contribution is -1.97. The number of unbranched alkanes of at least 4 members (excludes halogenated alkanes) is 1. The fourth-order valence-corrected chi connectivity index (χ4v) is 2.74. The average molecular weight is 338 g/mol. The highest BCUT2D eigenvalue weighted by Crippen LogP contribution is 2.36. The van der Waals surface area contributed by atoms with Crippen LogP contribution in [0.1, 0.15) is 19.8 Å². The van der Waals surface area contributed by atoms with Crippen molar-refractivity contribution < 1.29 is 13.5 Å². The van der Waals surface area contributed by atoms with Gasteiger partial charge in [-0.1, -0.05) is 61.9 Å². The molecule has 3 aromatic carbocycles. The minimum absolute atomic E-state index is 0.270. The first kappa shape index (κ1) is 17.2. The largest absolute Gasteiger partial charge is 0.494 e. The molecule has 0 radical (unpaired) electrons. The Kier molecular flexibility index (Phi) is 5.44. The summed E-state index contributed by atoms with van der Waals surface area (Å²) in [5, 5.41) is 0. The van der Waals surface area contributed by atoms with Crippen LogP contribution in [0.4, 0.5) is 8.78 Å². The molecule has 0 atom stereocenters. The summed E-state index contributed by atoms with van der Waals surface area (Å²) >= 11 is 0. The minimum Gasteiger partial charge on any atom is -0.494 e. The van der Waals surface area contributed by atoms with E-state index in [1.165, 1.54) is 6.07 Å². The topological polar surface area (TPSA) is 9.23 Å². The van der Waals surface area contributed by atoms with Gasteiger partial charge >= 0.3 is 0 Å². The molecule has 0 bridgehead atoms. The van der Waals surface area contributed by atoms with E-state index in [2.05, 4.69) is 6.92 Å². The van der Waals surface area contributed by atoms with Gasteiger partial charge in [-0.25, -0.2) is 8.78 Å². The first-order valence-corrected chi connectivity index (χ1v) is 8.47. The summed E-state index contributed by atoms with van der Waals surface area (Å²) in [6.07, 6.45) is 2.05. The van der Waals surface area contributed by atoms with Gasteiger partial charge in [0.2, 0.25) is 0 Å². The molecule has 3 heteroatoms. The summed E-state index contributed by atoms with van der Waals surface area (Å²) in [7, 11) is 0. The summed E-state index contributed by atoms with van der Waals surface area (Å²) in [6, 6.07) is 19.3. The Morgan fingerprint density at radius 3 is 2.20 bits per heavy atom. The fraction of sp³-hybridized carbons (Fsp3) is 0.182. The zero-order valence-corrected chi connectivity index (χ0v) is 14.1. The molecule has 128 valence electrons.